The van der Waals surface area contributed by atoms with Gasteiger partial charge >= 0.3 is 0 Å². The Labute approximate surface area is 104 Å². The molecule has 0 radical (unpaired) electrons. The fraction of sp³-hybridized carbons (Fsp3) is 0.333. The Morgan fingerprint density at radius 3 is 2.40 bits per heavy atom. The van der Waals surface area contributed by atoms with Gasteiger partial charge in [0.05, 0.1) is 4.90 Å². The third kappa shape index (κ3) is 3.79. The summed E-state index contributed by atoms with van der Waals surface area (Å²) in [4.78, 5) is 0.263. The summed E-state index contributed by atoms with van der Waals surface area (Å²) < 4.78 is 26.9. The van der Waals surface area contributed by atoms with E-state index in [0.717, 1.165) is 4.47 Å². The molecule has 15 heavy (non-hydrogen) atoms. The highest BCUT2D eigenvalue weighted by Crippen LogP contribution is 2.14. The predicted molar refractivity (Wildman–Crippen MR) is 67.8 cm³/mol. The summed E-state index contributed by atoms with van der Waals surface area (Å²) >= 11 is 7.27. The van der Waals surface area contributed by atoms with Crippen LogP contribution in [0.25, 0.3) is 0 Å². The second-order valence-corrected chi connectivity index (χ2v) is 6.15. The molecule has 0 heterocycles. The highest BCUT2D eigenvalue weighted by atomic mass is 79.9. The lowest BCUT2D eigenvalue weighted by Gasteiger charge is -2.11. The monoisotopic (exact) mass is 309 g/mol. The van der Waals surface area contributed by atoms with Gasteiger partial charge in [0, 0.05) is 16.3 Å². The molecule has 0 bridgehead atoms. The summed E-state index contributed by atoms with van der Waals surface area (Å²) in [6.07, 6.45) is 0. The zero-order valence-electron chi connectivity index (χ0n) is 8.14. The summed E-state index contributed by atoms with van der Waals surface area (Å²) in [6, 6.07) is 6.32. The van der Waals surface area contributed by atoms with Gasteiger partial charge < -0.3 is 0 Å². The molecule has 0 saturated carbocycles. The minimum Gasteiger partial charge on any atom is -0.208 e. The van der Waals surface area contributed by atoms with Crippen molar-refractivity contribution in [2.24, 2.45) is 0 Å². The van der Waals surface area contributed by atoms with Gasteiger partial charge in [-0.2, -0.15) is 12.6 Å². The predicted octanol–water partition coefficient (Wildman–Crippen LogP) is 2.05. The largest absolute Gasteiger partial charge is 0.240 e. The van der Waals surface area contributed by atoms with E-state index in [-0.39, 0.29) is 10.9 Å². The summed E-state index contributed by atoms with van der Waals surface area (Å²) in [5.74, 6) is 0.468. The van der Waals surface area contributed by atoms with E-state index in [1.54, 1.807) is 31.2 Å². The van der Waals surface area contributed by atoms with E-state index >= 15 is 0 Å². The summed E-state index contributed by atoms with van der Waals surface area (Å²) in [5, 5.41) is 0. The van der Waals surface area contributed by atoms with E-state index in [1.807, 2.05) is 0 Å². The van der Waals surface area contributed by atoms with Crippen LogP contribution in [0, 0.1) is 0 Å². The van der Waals surface area contributed by atoms with Crippen LogP contribution in [0.4, 0.5) is 0 Å². The number of rotatable bonds is 4. The molecule has 1 aromatic rings. The van der Waals surface area contributed by atoms with Gasteiger partial charge in [-0.25, -0.2) is 13.1 Å². The van der Waals surface area contributed by atoms with E-state index < -0.39 is 10.0 Å². The van der Waals surface area contributed by atoms with Crippen LogP contribution in [0.5, 0.6) is 0 Å². The number of hydrogen-bond donors (Lipinski definition) is 2. The van der Waals surface area contributed by atoms with Crippen molar-refractivity contribution in [3.63, 3.8) is 0 Å². The molecule has 1 N–H and O–H groups in total. The molecular formula is C9H12BrNO2S2. The Bertz CT molecular complexity index is 416. The molecule has 1 rings (SSSR count). The fourth-order valence-electron chi connectivity index (χ4n) is 0.984. The molecule has 0 aromatic heterocycles. The molecule has 0 fully saturated rings. The van der Waals surface area contributed by atoms with Crippen molar-refractivity contribution in [3.05, 3.63) is 28.7 Å². The molecule has 0 saturated heterocycles. The lowest BCUT2D eigenvalue weighted by atomic mass is 10.4. The van der Waals surface area contributed by atoms with E-state index in [0.29, 0.717) is 5.75 Å². The lowest BCUT2D eigenvalue weighted by Crippen LogP contribution is -2.33. The third-order valence-corrected chi connectivity index (χ3v) is 4.44. The van der Waals surface area contributed by atoms with Gasteiger partial charge in [-0.05, 0) is 31.2 Å². The third-order valence-electron chi connectivity index (χ3n) is 1.75. The zero-order valence-corrected chi connectivity index (χ0v) is 11.4. The van der Waals surface area contributed by atoms with E-state index in [2.05, 4.69) is 33.3 Å². The Morgan fingerprint density at radius 2 is 1.93 bits per heavy atom. The summed E-state index contributed by atoms with van der Waals surface area (Å²) in [6.45, 7) is 1.77. The SMILES string of the molecule is C[C@H](CS)NS(=O)(=O)c1ccc(Br)cc1. The molecule has 84 valence electrons. The van der Waals surface area contributed by atoms with Crippen LogP contribution in [0.1, 0.15) is 6.92 Å². The van der Waals surface area contributed by atoms with Crippen molar-refractivity contribution >= 4 is 38.6 Å². The molecule has 0 aliphatic rings. The lowest BCUT2D eigenvalue weighted by molar-refractivity contribution is 0.571. The molecule has 0 aliphatic heterocycles. The summed E-state index contributed by atoms with van der Waals surface area (Å²) in [5.41, 5.74) is 0. The first-order valence-corrected chi connectivity index (χ1v) is 7.25. The van der Waals surface area contributed by atoms with Crippen LogP contribution in [-0.4, -0.2) is 20.2 Å². The maximum Gasteiger partial charge on any atom is 0.240 e. The van der Waals surface area contributed by atoms with Crippen LogP contribution in [-0.2, 0) is 10.0 Å². The zero-order chi connectivity index (χ0) is 11.5. The van der Waals surface area contributed by atoms with Gasteiger partial charge in [-0.15, -0.1) is 0 Å². The van der Waals surface area contributed by atoms with Crippen LogP contribution in [0.15, 0.2) is 33.6 Å². The number of thiol groups is 1. The Balaban J connectivity index is 2.91. The molecule has 0 aliphatic carbocycles. The first kappa shape index (κ1) is 13.0. The molecular weight excluding hydrogens is 298 g/mol. The molecule has 0 spiro atoms. The van der Waals surface area contributed by atoms with Crippen LogP contribution in [0.2, 0.25) is 0 Å². The smallest absolute Gasteiger partial charge is 0.208 e. The van der Waals surface area contributed by atoms with Gasteiger partial charge in [0.25, 0.3) is 0 Å². The van der Waals surface area contributed by atoms with Gasteiger partial charge in [0.1, 0.15) is 0 Å². The second-order valence-electron chi connectivity index (χ2n) is 3.16. The standard InChI is InChI=1S/C9H12BrNO2S2/c1-7(6-14)11-15(12,13)9-4-2-8(10)3-5-9/h2-5,7,11,14H,6H2,1H3/t7-/m1/s1. The van der Waals surface area contributed by atoms with Crippen LogP contribution in [0.3, 0.4) is 0 Å². The minimum absolute atomic E-state index is 0.179. The molecule has 1 atom stereocenters. The molecule has 6 heteroatoms. The van der Waals surface area contributed by atoms with Gasteiger partial charge in [0.2, 0.25) is 10.0 Å². The Kier molecular flexibility index (Phi) is 4.64. The van der Waals surface area contributed by atoms with Crippen molar-refractivity contribution in [3.8, 4) is 0 Å². The molecule has 1 aromatic carbocycles. The molecule has 0 amide bonds. The topological polar surface area (TPSA) is 46.2 Å². The van der Waals surface area contributed by atoms with Crippen molar-refractivity contribution in [1.82, 2.24) is 4.72 Å². The number of hydrogen-bond acceptors (Lipinski definition) is 3. The normalized spacial score (nSPS) is 13.8. The average molecular weight is 310 g/mol. The maximum atomic E-state index is 11.8. The van der Waals surface area contributed by atoms with Gasteiger partial charge in [0.15, 0.2) is 0 Å². The number of benzene rings is 1. The highest BCUT2D eigenvalue weighted by Gasteiger charge is 2.15. The fourth-order valence-corrected chi connectivity index (χ4v) is 2.71. The number of halogens is 1. The average Bonchev–Trinajstić information content (AvgIpc) is 2.17. The van der Waals surface area contributed by atoms with Crippen molar-refractivity contribution in [1.29, 1.82) is 0 Å². The molecule has 0 unspecified atom stereocenters. The quantitative estimate of drug-likeness (QED) is 0.836. The first-order chi connectivity index (χ1) is 6.95. The van der Waals surface area contributed by atoms with E-state index in [1.165, 1.54) is 0 Å². The number of sulfonamides is 1. The Hall–Kier alpha value is -0.0400. The van der Waals surface area contributed by atoms with E-state index in [4.69, 9.17) is 0 Å². The minimum atomic E-state index is -3.41. The van der Waals surface area contributed by atoms with Crippen LogP contribution >= 0.6 is 28.6 Å². The highest BCUT2D eigenvalue weighted by molar-refractivity contribution is 9.10. The Morgan fingerprint density at radius 1 is 1.40 bits per heavy atom. The van der Waals surface area contributed by atoms with E-state index in [9.17, 15) is 8.42 Å². The van der Waals surface area contributed by atoms with Crippen LogP contribution < -0.4 is 4.72 Å². The van der Waals surface area contributed by atoms with Gasteiger partial charge in [-0.1, -0.05) is 15.9 Å². The van der Waals surface area contributed by atoms with Gasteiger partial charge in [-0.3, -0.25) is 0 Å². The maximum absolute atomic E-state index is 11.8. The number of nitrogens with one attached hydrogen (secondary N) is 1. The van der Waals surface area contributed by atoms with Crippen molar-refractivity contribution < 1.29 is 8.42 Å². The molecule has 3 nitrogen and oxygen atoms in total. The first-order valence-electron chi connectivity index (χ1n) is 4.34. The summed E-state index contributed by atoms with van der Waals surface area (Å²) in [7, 11) is -3.41. The van der Waals surface area contributed by atoms with Crippen molar-refractivity contribution in [2.75, 3.05) is 5.75 Å². The van der Waals surface area contributed by atoms with Crippen molar-refractivity contribution in [2.45, 2.75) is 17.9 Å². The second kappa shape index (κ2) is 5.34.